The van der Waals surface area contributed by atoms with Crippen molar-refractivity contribution < 1.29 is 19.2 Å². The van der Waals surface area contributed by atoms with Crippen molar-refractivity contribution in [2.24, 2.45) is 0 Å². The molecule has 0 saturated heterocycles. The first kappa shape index (κ1) is 23.0. The van der Waals surface area contributed by atoms with Crippen molar-refractivity contribution in [2.75, 3.05) is 20.8 Å². The molecule has 0 saturated carbocycles. The average molecular weight is 490 g/mol. The molecular weight excluding hydrogens is 468 g/mol. The molecule has 36 heavy (non-hydrogen) atoms. The van der Waals surface area contributed by atoms with Crippen molar-refractivity contribution in [3.63, 3.8) is 0 Å². The van der Waals surface area contributed by atoms with Crippen LogP contribution in [0.4, 0.5) is 5.69 Å². The predicted molar refractivity (Wildman–Crippen MR) is 128 cm³/mol. The maximum absolute atomic E-state index is 13.1. The van der Waals surface area contributed by atoms with Gasteiger partial charge in [-0.25, -0.2) is 9.67 Å². The van der Waals surface area contributed by atoms with Gasteiger partial charge in [0.15, 0.2) is 17.1 Å². The number of carbonyl (C=O) groups is 1. The maximum atomic E-state index is 13.1. The van der Waals surface area contributed by atoms with Crippen molar-refractivity contribution in [1.82, 2.24) is 24.2 Å². The zero-order chi connectivity index (χ0) is 25.4. The zero-order valence-corrected chi connectivity index (χ0v) is 19.6. The smallest absolute Gasteiger partial charge is 0.294 e. The molecular formula is C24H22N6O6. The Morgan fingerprint density at radius 2 is 1.86 bits per heavy atom. The van der Waals surface area contributed by atoms with E-state index in [2.05, 4.69) is 10.1 Å². The minimum atomic E-state index is -0.523. The van der Waals surface area contributed by atoms with Crippen LogP contribution in [-0.2, 0) is 24.3 Å². The molecule has 2 aromatic carbocycles. The minimum absolute atomic E-state index is 0.157. The molecule has 184 valence electrons. The zero-order valence-electron chi connectivity index (χ0n) is 19.6. The van der Waals surface area contributed by atoms with E-state index in [0.717, 1.165) is 11.1 Å². The molecule has 0 fully saturated rings. The van der Waals surface area contributed by atoms with Gasteiger partial charge in [-0.3, -0.25) is 24.3 Å². The first-order chi connectivity index (χ1) is 17.4. The Kier molecular flexibility index (Phi) is 5.84. The van der Waals surface area contributed by atoms with E-state index in [1.54, 1.807) is 31.3 Å². The molecule has 0 aliphatic carbocycles. The maximum Gasteiger partial charge on any atom is 0.294 e. The SMILES string of the molecule is COc1cc2c(cc1OC)CN(C(=O)Cn1cnc3c(cnn3-c3ccccc3[N+](=O)[O-])c1=O)CC2. The molecule has 5 rings (SSSR count). The average Bonchev–Trinajstić information content (AvgIpc) is 3.33. The fourth-order valence-electron chi connectivity index (χ4n) is 4.38. The first-order valence-electron chi connectivity index (χ1n) is 11.1. The summed E-state index contributed by atoms with van der Waals surface area (Å²) in [5.41, 5.74) is 1.78. The van der Waals surface area contributed by atoms with E-state index >= 15 is 0 Å². The number of nitrogens with zero attached hydrogens (tertiary/aromatic N) is 6. The molecule has 12 nitrogen and oxygen atoms in total. The molecule has 1 aliphatic heterocycles. The number of rotatable bonds is 6. The van der Waals surface area contributed by atoms with Crippen molar-refractivity contribution in [2.45, 2.75) is 19.5 Å². The van der Waals surface area contributed by atoms with Crippen LogP contribution < -0.4 is 15.0 Å². The first-order valence-corrected chi connectivity index (χ1v) is 11.1. The molecule has 0 unspecified atom stereocenters. The molecule has 1 aliphatic rings. The van der Waals surface area contributed by atoms with Crippen LogP contribution in [0.1, 0.15) is 11.1 Å². The van der Waals surface area contributed by atoms with Crippen LogP contribution in [0.25, 0.3) is 16.7 Å². The predicted octanol–water partition coefficient (Wildman–Crippen LogP) is 2.09. The van der Waals surface area contributed by atoms with Gasteiger partial charge in [-0.1, -0.05) is 12.1 Å². The lowest BCUT2D eigenvalue weighted by atomic mass is 9.98. The standard InChI is InChI=1S/C24H22N6O6/c1-35-20-9-15-7-8-27(12-16(15)10-21(20)36-2)22(31)13-28-14-25-23-17(24(28)32)11-26-29(23)18-5-3-4-6-19(18)30(33)34/h3-6,9-11,14H,7-8,12-13H2,1-2H3. The molecule has 2 aromatic heterocycles. The van der Waals surface area contributed by atoms with Crippen LogP contribution in [0, 0.1) is 10.1 Å². The highest BCUT2D eigenvalue weighted by Crippen LogP contribution is 2.33. The number of hydrogen-bond acceptors (Lipinski definition) is 8. The van der Waals surface area contributed by atoms with Crippen molar-refractivity contribution in [1.29, 1.82) is 0 Å². The lowest BCUT2D eigenvalue weighted by molar-refractivity contribution is -0.384. The third-order valence-corrected chi connectivity index (χ3v) is 6.24. The third kappa shape index (κ3) is 3.91. The number of para-hydroxylation sites is 2. The highest BCUT2D eigenvalue weighted by Gasteiger charge is 2.24. The van der Waals surface area contributed by atoms with Crippen LogP contribution in [0.3, 0.4) is 0 Å². The highest BCUT2D eigenvalue weighted by atomic mass is 16.6. The van der Waals surface area contributed by atoms with E-state index in [0.29, 0.717) is 31.0 Å². The molecule has 12 heteroatoms. The Labute approximate surface area is 204 Å². The quantitative estimate of drug-likeness (QED) is 0.296. The molecule has 1 amide bonds. The summed E-state index contributed by atoms with van der Waals surface area (Å²) in [6.45, 7) is 0.691. The molecule has 0 radical (unpaired) electrons. The third-order valence-electron chi connectivity index (χ3n) is 6.24. The fraction of sp³-hybridized carbons (Fsp3) is 0.250. The second-order valence-corrected chi connectivity index (χ2v) is 8.26. The lowest BCUT2D eigenvalue weighted by Crippen LogP contribution is -2.39. The van der Waals surface area contributed by atoms with E-state index in [4.69, 9.17) is 9.47 Å². The number of aromatic nitrogens is 4. The number of fused-ring (bicyclic) bond motifs is 2. The number of hydrogen-bond donors (Lipinski definition) is 0. The van der Waals surface area contributed by atoms with Crippen LogP contribution in [0.2, 0.25) is 0 Å². The number of amides is 1. The molecule has 0 atom stereocenters. The van der Waals surface area contributed by atoms with Gasteiger partial charge < -0.3 is 14.4 Å². The van der Waals surface area contributed by atoms with Gasteiger partial charge in [0.2, 0.25) is 5.91 Å². The van der Waals surface area contributed by atoms with Crippen LogP contribution >= 0.6 is 0 Å². The van der Waals surface area contributed by atoms with Gasteiger partial charge in [-0.2, -0.15) is 5.10 Å². The number of carbonyl (C=O) groups excluding carboxylic acids is 1. The second kappa shape index (κ2) is 9.13. The van der Waals surface area contributed by atoms with Crippen molar-refractivity contribution in [3.05, 3.63) is 80.5 Å². The highest BCUT2D eigenvalue weighted by molar-refractivity contribution is 5.79. The summed E-state index contributed by atoms with van der Waals surface area (Å²) in [6, 6.07) is 9.85. The van der Waals surface area contributed by atoms with E-state index < -0.39 is 10.5 Å². The van der Waals surface area contributed by atoms with E-state index in [9.17, 15) is 19.7 Å². The molecule has 0 bridgehead atoms. The molecule has 0 N–H and O–H groups in total. The van der Waals surface area contributed by atoms with Gasteiger partial charge >= 0.3 is 0 Å². The molecule has 3 heterocycles. The second-order valence-electron chi connectivity index (χ2n) is 8.26. The van der Waals surface area contributed by atoms with Crippen LogP contribution in [-0.4, -0.2) is 55.8 Å². The summed E-state index contributed by atoms with van der Waals surface area (Å²) in [5, 5.41) is 15.7. The Balaban J connectivity index is 1.40. The van der Waals surface area contributed by atoms with Gasteiger partial charge in [0, 0.05) is 19.2 Å². The van der Waals surface area contributed by atoms with Crippen molar-refractivity contribution >= 4 is 22.6 Å². The van der Waals surface area contributed by atoms with Crippen LogP contribution in [0.15, 0.2) is 53.7 Å². The fourth-order valence-corrected chi connectivity index (χ4v) is 4.38. The number of nitro benzene ring substituents is 1. The van der Waals surface area contributed by atoms with Crippen LogP contribution in [0.5, 0.6) is 11.5 Å². The Morgan fingerprint density at radius 3 is 2.58 bits per heavy atom. The monoisotopic (exact) mass is 490 g/mol. The summed E-state index contributed by atoms with van der Waals surface area (Å²) in [6.07, 6.45) is 3.22. The minimum Gasteiger partial charge on any atom is -0.493 e. The van der Waals surface area contributed by atoms with E-state index in [1.807, 2.05) is 12.1 Å². The van der Waals surface area contributed by atoms with Gasteiger partial charge in [-0.15, -0.1) is 0 Å². The van der Waals surface area contributed by atoms with E-state index in [1.165, 1.54) is 33.9 Å². The molecule has 0 spiro atoms. The molecule has 4 aromatic rings. The summed E-state index contributed by atoms with van der Waals surface area (Å²) < 4.78 is 13.2. The summed E-state index contributed by atoms with van der Waals surface area (Å²) in [7, 11) is 3.14. The lowest BCUT2D eigenvalue weighted by Gasteiger charge is -2.29. The van der Waals surface area contributed by atoms with E-state index in [-0.39, 0.29) is 34.9 Å². The Morgan fingerprint density at radius 1 is 1.14 bits per heavy atom. The van der Waals surface area contributed by atoms with Crippen molar-refractivity contribution in [3.8, 4) is 17.2 Å². The summed E-state index contributed by atoms with van der Waals surface area (Å²) >= 11 is 0. The summed E-state index contributed by atoms with van der Waals surface area (Å²) in [4.78, 5) is 43.0. The Hall–Kier alpha value is -4.74. The normalized spacial score (nSPS) is 12.9. The largest absolute Gasteiger partial charge is 0.493 e. The number of nitro groups is 1. The number of benzene rings is 2. The van der Waals surface area contributed by atoms with Gasteiger partial charge in [-0.05, 0) is 35.7 Å². The topological polar surface area (TPSA) is 135 Å². The Bertz CT molecular complexity index is 1560. The van der Waals surface area contributed by atoms with Gasteiger partial charge in [0.05, 0.1) is 25.3 Å². The number of methoxy groups -OCH3 is 2. The van der Waals surface area contributed by atoms with Gasteiger partial charge in [0.1, 0.15) is 23.9 Å². The number of ether oxygens (including phenoxy) is 2. The summed E-state index contributed by atoms with van der Waals surface area (Å²) in [5.74, 6) is 1.00. The van der Waals surface area contributed by atoms with Gasteiger partial charge in [0.25, 0.3) is 11.2 Å².